The summed E-state index contributed by atoms with van der Waals surface area (Å²) in [5.41, 5.74) is 3.79. The standard InChI is InChI=1S/C21H20N2O3S/c1-15-3-7-17(8-4-15)13-23-11-12-27-21(23)22-19(24)14-26-20(25)18-9-5-16(2)6-10-18/h3-12H,13-14H2,1-2H3. The summed E-state index contributed by atoms with van der Waals surface area (Å²) in [4.78, 5) is 28.7. The molecule has 0 spiro atoms. The monoisotopic (exact) mass is 380 g/mol. The van der Waals surface area contributed by atoms with E-state index >= 15 is 0 Å². The fourth-order valence-corrected chi connectivity index (χ4v) is 3.18. The van der Waals surface area contributed by atoms with Crippen LogP contribution in [0.1, 0.15) is 27.0 Å². The Morgan fingerprint density at radius 1 is 1.00 bits per heavy atom. The predicted molar refractivity (Wildman–Crippen MR) is 105 cm³/mol. The maximum atomic E-state index is 12.1. The number of ether oxygens (including phenoxy) is 1. The number of aryl methyl sites for hydroxylation is 2. The zero-order chi connectivity index (χ0) is 19.2. The van der Waals surface area contributed by atoms with Gasteiger partial charge in [-0.05, 0) is 31.5 Å². The van der Waals surface area contributed by atoms with Crippen LogP contribution in [0.2, 0.25) is 0 Å². The fourth-order valence-electron chi connectivity index (χ4n) is 2.44. The number of amides is 1. The SMILES string of the molecule is Cc1ccc(Cn2ccsc2=NC(=O)COC(=O)c2ccc(C)cc2)cc1. The quantitative estimate of drug-likeness (QED) is 0.637. The van der Waals surface area contributed by atoms with E-state index in [1.807, 2.05) is 42.1 Å². The number of rotatable bonds is 5. The van der Waals surface area contributed by atoms with Crippen LogP contribution >= 0.6 is 11.3 Å². The molecule has 6 heteroatoms. The number of esters is 1. The molecule has 1 heterocycles. The summed E-state index contributed by atoms with van der Waals surface area (Å²) in [5, 5.41) is 1.87. The van der Waals surface area contributed by atoms with Crippen molar-refractivity contribution in [1.29, 1.82) is 0 Å². The third-order valence-electron chi connectivity index (χ3n) is 3.97. The average Bonchev–Trinajstić information content (AvgIpc) is 3.09. The lowest BCUT2D eigenvalue weighted by atomic mass is 10.1. The molecule has 0 saturated carbocycles. The highest BCUT2D eigenvalue weighted by Gasteiger charge is 2.10. The Bertz CT molecular complexity index is 999. The Kier molecular flexibility index (Phi) is 5.98. The number of nitrogens with zero attached hydrogens (tertiary/aromatic N) is 2. The van der Waals surface area contributed by atoms with Gasteiger partial charge < -0.3 is 9.30 Å². The molecule has 138 valence electrons. The summed E-state index contributed by atoms with van der Waals surface area (Å²) in [6.07, 6.45) is 1.88. The van der Waals surface area contributed by atoms with Crippen LogP contribution in [0.25, 0.3) is 0 Å². The van der Waals surface area contributed by atoms with Crippen molar-refractivity contribution in [3.8, 4) is 0 Å². The Balaban J connectivity index is 1.63. The number of carbonyl (C=O) groups excluding carboxylic acids is 2. The second-order valence-electron chi connectivity index (χ2n) is 6.25. The maximum Gasteiger partial charge on any atom is 0.338 e. The van der Waals surface area contributed by atoms with Crippen molar-refractivity contribution >= 4 is 23.2 Å². The first-order chi connectivity index (χ1) is 13.0. The topological polar surface area (TPSA) is 60.7 Å². The molecule has 0 saturated heterocycles. The van der Waals surface area contributed by atoms with Crippen LogP contribution in [-0.2, 0) is 16.1 Å². The van der Waals surface area contributed by atoms with Crippen molar-refractivity contribution in [2.75, 3.05) is 6.61 Å². The molecule has 27 heavy (non-hydrogen) atoms. The number of aromatic nitrogens is 1. The summed E-state index contributed by atoms with van der Waals surface area (Å²) in [5.74, 6) is -1.02. The number of hydrogen-bond donors (Lipinski definition) is 0. The van der Waals surface area contributed by atoms with Gasteiger partial charge in [0.25, 0.3) is 5.91 Å². The van der Waals surface area contributed by atoms with E-state index in [0.717, 1.165) is 11.1 Å². The minimum Gasteiger partial charge on any atom is -0.452 e. The second-order valence-corrected chi connectivity index (χ2v) is 7.12. The van der Waals surface area contributed by atoms with E-state index in [1.165, 1.54) is 16.9 Å². The van der Waals surface area contributed by atoms with E-state index in [0.29, 0.717) is 16.9 Å². The molecule has 0 N–H and O–H groups in total. The van der Waals surface area contributed by atoms with Gasteiger partial charge in [-0.3, -0.25) is 4.79 Å². The highest BCUT2D eigenvalue weighted by Crippen LogP contribution is 2.06. The number of thiazole rings is 1. The van der Waals surface area contributed by atoms with Crippen LogP contribution in [0.15, 0.2) is 65.1 Å². The minimum absolute atomic E-state index is 0.380. The molecule has 0 radical (unpaired) electrons. The normalized spacial score (nSPS) is 11.4. The van der Waals surface area contributed by atoms with Crippen LogP contribution in [0, 0.1) is 13.8 Å². The molecule has 0 atom stereocenters. The largest absolute Gasteiger partial charge is 0.452 e. The van der Waals surface area contributed by atoms with Gasteiger partial charge in [0, 0.05) is 18.1 Å². The molecular weight excluding hydrogens is 360 g/mol. The van der Waals surface area contributed by atoms with Crippen LogP contribution in [0.5, 0.6) is 0 Å². The van der Waals surface area contributed by atoms with Crippen LogP contribution < -0.4 is 4.80 Å². The minimum atomic E-state index is -0.530. The Labute approximate surface area is 161 Å². The summed E-state index contributed by atoms with van der Waals surface area (Å²) < 4.78 is 6.96. The summed E-state index contributed by atoms with van der Waals surface area (Å²) in [7, 11) is 0. The molecule has 0 bridgehead atoms. The van der Waals surface area contributed by atoms with Gasteiger partial charge in [-0.25, -0.2) is 4.79 Å². The van der Waals surface area contributed by atoms with Gasteiger partial charge in [-0.15, -0.1) is 11.3 Å². The van der Waals surface area contributed by atoms with E-state index in [2.05, 4.69) is 29.3 Å². The van der Waals surface area contributed by atoms with Gasteiger partial charge >= 0.3 is 5.97 Å². The molecule has 3 aromatic rings. The van der Waals surface area contributed by atoms with E-state index in [4.69, 9.17) is 4.74 Å². The molecule has 5 nitrogen and oxygen atoms in total. The van der Waals surface area contributed by atoms with Crippen LogP contribution in [0.4, 0.5) is 0 Å². The van der Waals surface area contributed by atoms with E-state index in [-0.39, 0.29) is 6.61 Å². The summed E-state index contributed by atoms with van der Waals surface area (Å²) in [6.45, 7) is 4.22. The number of carbonyl (C=O) groups is 2. The smallest absolute Gasteiger partial charge is 0.338 e. The van der Waals surface area contributed by atoms with Gasteiger partial charge in [0.05, 0.1) is 5.56 Å². The summed E-state index contributed by atoms with van der Waals surface area (Å²) in [6, 6.07) is 15.2. The molecule has 0 aliphatic carbocycles. The van der Waals surface area contributed by atoms with Gasteiger partial charge in [-0.1, -0.05) is 47.5 Å². The lowest BCUT2D eigenvalue weighted by Crippen LogP contribution is -2.20. The first kappa shape index (κ1) is 18.8. The molecule has 0 unspecified atom stereocenters. The van der Waals surface area contributed by atoms with Gasteiger partial charge in [0.1, 0.15) is 0 Å². The molecule has 1 amide bonds. The first-order valence-electron chi connectivity index (χ1n) is 8.52. The van der Waals surface area contributed by atoms with Gasteiger partial charge in [-0.2, -0.15) is 4.99 Å². The lowest BCUT2D eigenvalue weighted by Gasteiger charge is -2.04. The average molecular weight is 380 g/mol. The Hall–Kier alpha value is -2.99. The third-order valence-corrected chi connectivity index (χ3v) is 4.76. The molecule has 0 fully saturated rings. The Morgan fingerprint density at radius 3 is 2.30 bits per heavy atom. The van der Waals surface area contributed by atoms with Crippen molar-refractivity contribution in [2.24, 2.45) is 4.99 Å². The first-order valence-corrected chi connectivity index (χ1v) is 9.40. The number of hydrogen-bond acceptors (Lipinski definition) is 4. The zero-order valence-electron chi connectivity index (χ0n) is 15.2. The van der Waals surface area contributed by atoms with Crippen molar-refractivity contribution < 1.29 is 14.3 Å². The second kappa shape index (κ2) is 8.60. The van der Waals surface area contributed by atoms with Crippen molar-refractivity contribution in [1.82, 2.24) is 4.57 Å². The predicted octanol–water partition coefficient (Wildman–Crippen LogP) is 3.50. The van der Waals surface area contributed by atoms with Crippen LogP contribution in [-0.4, -0.2) is 23.1 Å². The molecule has 1 aromatic heterocycles. The van der Waals surface area contributed by atoms with Gasteiger partial charge in [0.2, 0.25) is 0 Å². The third kappa shape index (κ3) is 5.24. The maximum absolute atomic E-state index is 12.1. The highest BCUT2D eigenvalue weighted by atomic mass is 32.1. The summed E-state index contributed by atoms with van der Waals surface area (Å²) >= 11 is 1.37. The lowest BCUT2D eigenvalue weighted by molar-refractivity contribution is -0.121. The van der Waals surface area contributed by atoms with Crippen LogP contribution in [0.3, 0.4) is 0 Å². The van der Waals surface area contributed by atoms with E-state index in [9.17, 15) is 9.59 Å². The molecule has 2 aromatic carbocycles. The number of benzene rings is 2. The highest BCUT2D eigenvalue weighted by molar-refractivity contribution is 7.07. The molecule has 0 aliphatic rings. The molecule has 0 aliphatic heterocycles. The molecular formula is C21H20N2O3S. The van der Waals surface area contributed by atoms with E-state index < -0.39 is 11.9 Å². The fraction of sp³-hybridized carbons (Fsp3) is 0.190. The van der Waals surface area contributed by atoms with Gasteiger partial charge in [0.15, 0.2) is 11.4 Å². The van der Waals surface area contributed by atoms with Crippen molar-refractivity contribution in [2.45, 2.75) is 20.4 Å². The van der Waals surface area contributed by atoms with Crippen molar-refractivity contribution in [3.05, 3.63) is 87.2 Å². The van der Waals surface area contributed by atoms with E-state index in [1.54, 1.807) is 12.1 Å². The van der Waals surface area contributed by atoms with Crippen molar-refractivity contribution in [3.63, 3.8) is 0 Å². The zero-order valence-corrected chi connectivity index (χ0v) is 16.0. The molecule has 3 rings (SSSR count). The Morgan fingerprint density at radius 2 is 1.63 bits per heavy atom.